The maximum Gasteiger partial charge on any atom is 0.173 e. The van der Waals surface area contributed by atoms with Crippen molar-refractivity contribution in [2.24, 2.45) is 9.98 Å². The maximum atomic E-state index is 13.9. The van der Waals surface area contributed by atoms with Crippen molar-refractivity contribution in [3.8, 4) is 0 Å². The highest BCUT2D eigenvalue weighted by Crippen LogP contribution is 2.22. The topological polar surface area (TPSA) is 28.0 Å². The van der Waals surface area contributed by atoms with Gasteiger partial charge in [0.25, 0.3) is 0 Å². The molecule has 2 rings (SSSR count). The zero-order valence-electron chi connectivity index (χ0n) is 10.2. The lowest BCUT2D eigenvalue weighted by molar-refractivity contribution is 0.613. The molecule has 0 amide bonds. The highest BCUT2D eigenvalue weighted by Gasteiger charge is 2.25. The second kappa shape index (κ2) is 5.02. The number of amidine groups is 2. The van der Waals surface area contributed by atoms with Crippen LogP contribution in [0.25, 0.3) is 0 Å². The van der Waals surface area contributed by atoms with Crippen LogP contribution < -0.4 is 0 Å². The van der Waals surface area contributed by atoms with Gasteiger partial charge in [-0.3, -0.25) is 4.99 Å². The smallest absolute Gasteiger partial charge is 0.173 e. The molecule has 0 saturated heterocycles. The van der Waals surface area contributed by atoms with Crippen LogP contribution in [0, 0.1) is 5.82 Å². The Balaban J connectivity index is 2.48. The number of halogens is 2. The largest absolute Gasteiger partial charge is 0.326 e. The summed E-state index contributed by atoms with van der Waals surface area (Å²) in [4.78, 5) is 10.3. The first-order valence-corrected chi connectivity index (χ1v) is 6.35. The van der Waals surface area contributed by atoms with Crippen molar-refractivity contribution in [2.45, 2.75) is 6.92 Å². The van der Waals surface area contributed by atoms with E-state index in [2.05, 4.69) is 32.5 Å². The Hall–Kier alpha value is -1.49. The number of benzene rings is 1. The lowest BCUT2D eigenvalue weighted by Crippen LogP contribution is -2.23. The van der Waals surface area contributed by atoms with Crippen molar-refractivity contribution in [3.05, 3.63) is 46.3 Å². The van der Waals surface area contributed by atoms with Gasteiger partial charge in [0.2, 0.25) is 0 Å². The number of likely N-dealkylation sites (N-methyl/N-ethyl adjacent to an activating group) is 1. The van der Waals surface area contributed by atoms with Gasteiger partial charge in [-0.2, -0.15) is 0 Å². The van der Waals surface area contributed by atoms with Crippen LogP contribution in [0.2, 0.25) is 0 Å². The molecule has 0 bridgehead atoms. The van der Waals surface area contributed by atoms with Crippen molar-refractivity contribution in [1.29, 1.82) is 0 Å². The average molecular weight is 310 g/mol. The van der Waals surface area contributed by atoms with E-state index in [9.17, 15) is 4.39 Å². The van der Waals surface area contributed by atoms with Crippen molar-refractivity contribution in [3.63, 3.8) is 0 Å². The second-order valence-electron chi connectivity index (χ2n) is 3.86. The summed E-state index contributed by atoms with van der Waals surface area (Å²) in [6.07, 6.45) is 0. The normalized spacial score (nSPS) is 17.6. The van der Waals surface area contributed by atoms with Gasteiger partial charge in [0.05, 0.1) is 11.3 Å². The van der Waals surface area contributed by atoms with Crippen LogP contribution in [-0.2, 0) is 0 Å². The first-order chi connectivity index (χ1) is 8.54. The number of nitrogens with zero attached hydrogens (tertiary/aromatic N) is 3. The first kappa shape index (κ1) is 13.0. The Morgan fingerprint density at radius 3 is 2.83 bits per heavy atom. The molecule has 1 aliphatic heterocycles. The number of hydrogen-bond donors (Lipinski definition) is 0. The van der Waals surface area contributed by atoms with E-state index in [0.29, 0.717) is 33.9 Å². The summed E-state index contributed by atoms with van der Waals surface area (Å²) in [5.74, 6) is 0.787. The molecule has 1 heterocycles. The van der Waals surface area contributed by atoms with Gasteiger partial charge in [0.1, 0.15) is 11.7 Å². The second-order valence-corrected chi connectivity index (χ2v) is 4.78. The first-order valence-electron chi connectivity index (χ1n) is 5.56. The molecule has 1 aliphatic rings. The van der Waals surface area contributed by atoms with Crippen molar-refractivity contribution in [1.82, 2.24) is 4.90 Å². The zero-order chi connectivity index (χ0) is 13.3. The summed E-state index contributed by atoms with van der Waals surface area (Å²) in [7, 11) is 1.81. The molecule has 0 fully saturated rings. The van der Waals surface area contributed by atoms with E-state index in [1.165, 1.54) is 6.07 Å². The molecule has 1 aromatic rings. The number of rotatable bonds is 2. The van der Waals surface area contributed by atoms with Gasteiger partial charge in [-0.25, -0.2) is 9.38 Å². The van der Waals surface area contributed by atoms with Gasteiger partial charge in [-0.05, 0) is 25.1 Å². The zero-order valence-corrected chi connectivity index (χ0v) is 11.8. The fraction of sp³-hybridized carbons (Fsp3) is 0.231. The fourth-order valence-corrected chi connectivity index (χ4v) is 2.04. The molecule has 0 atom stereocenters. The summed E-state index contributed by atoms with van der Waals surface area (Å²) >= 11 is 3.23. The maximum absolute atomic E-state index is 13.9. The lowest BCUT2D eigenvalue weighted by atomic mass is 10.2. The van der Waals surface area contributed by atoms with E-state index < -0.39 is 0 Å². The molecular weight excluding hydrogens is 297 g/mol. The monoisotopic (exact) mass is 309 g/mol. The molecule has 18 heavy (non-hydrogen) atoms. The number of hydrogen-bond acceptors (Lipinski definition) is 2. The molecule has 0 radical (unpaired) electrons. The van der Waals surface area contributed by atoms with Gasteiger partial charge >= 0.3 is 0 Å². The van der Waals surface area contributed by atoms with Gasteiger partial charge in [0.15, 0.2) is 5.84 Å². The van der Waals surface area contributed by atoms with Gasteiger partial charge in [0, 0.05) is 18.1 Å². The highest BCUT2D eigenvalue weighted by molar-refractivity contribution is 9.10. The van der Waals surface area contributed by atoms with Crippen LogP contribution in [-0.4, -0.2) is 30.2 Å². The molecule has 0 N–H and O–H groups in total. The molecule has 94 valence electrons. The Kier molecular flexibility index (Phi) is 3.61. The lowest BCUT2D eigenvalue weighted by Gasteiger charge is -2.15. The fourth-order valence-electron chi connectivity index (χ4n) is 1.71. The van der Waals surface area contributed by atoms with E-state index in [1.807, 2.05) is 6.92 Å². The molecule has 0 unspecified atom stereocenters. The van der Waals surface area contributed by atoms with E-state index in [-0.39, 0.29) is 5.82 Å². The Bertz CT molecular complexity index is 563. The Morgan fingerprint density at radius 2 is 2.22 bits per heavy atom. The van der Waals surface area contributed by atoms with Crippen LogP contribution in [0.3, 0.4) is 0 Å². The van der Waals surface area contributed by atoms with Gasteiger partial charge < -0.3 is 4.90 Å². The predicted octanol–water partition coefficient (Wildman–Crippen LogP) is 3.21. The minimum atomic E-state index is -0.319. The third kappa shape index (κ3) is 2.22. The van der Waals surface area contributed by atoms with E-state index in [4.69, 9.17) is 0 Å². The number of aliphatic imine (C=N–C) groups is 2. The summed E-state index contributed by atoms with van der Waals surface area (Å²) < 4.78 is 14.6. The van der Waals surface area contributed by atoms with Crippen LogP contribution in [0.1, 0.15) is 12.5 Å². The standard InChI is InChI=1S/C13H13BrFN3/c1-4-16-12-8(2)18(3)13(17-12)10-6-5-9(14)7-11(10)15/h5-7H,2,4H2,1,3H3/b16-12+. The van der Waals surface area contributed by atoms with Crippen LogP contribution in [0.15, 0.2) is 44.9 Å². The predicted molar refractivity (Wildman–Crippen MR) is 75.5 cm³/mol. The summed E-state index contributed by atoms with van der Waals surface area (Å²) in [6, 6.07) is 4.90. The molecule has 1 aromatic carbocycles. The third-order valence-corrected chi connectivity index (χ3v) is 3.17. The minimum absolute atomic E-state index is 0.319. The van der Waals surface area contributed by atoms with Gasteiger partial charge in [-0.1, -0.05) is 22.5 Å². The van der Waals surface area contributed by atoms with Crippen molar-refractivity contribution < 1.29 is 4.39 Å². The quantitative estimate of drug-likeness (QED) is 0.824. The van der Waals surface area contributed by atoms with Crippen LogP contribution in [0.5, 0.6) is 0 Å². The molecule has 5 heteroatoms. The SMILES string of the molecule is C=C1/C(=N\CC)N=C(c2ccc(Br)cc2F)N1C. The van der Waals surface area contributed by atoms with Crippen LogP contribution >= 0.6 is 15.9 Å². The average Bonchev–Trinajstić information content (AvgIpc) is 2.58. The summed E-state index contributed by atoms with van der Waals surface area (Å²) in [5.41, 5.74) is 1.14. The van der Waals surface area contributed by atoms with Crippen molar-refractivity contribution in [2.75, 3.05) is 13.6 Å². The molecule has 0 aliphatic carbocycles. The third-order valence-electron chi connectivity index (χ3n) is 2.67. The molecule has 3 nitrogen and oxygen atoms in total. The van der Waals surface area contributed by atoms with Gasteiger partial charge in [-0.15, -0.1) is 0 Å². The van der Waals surface area contributed by atoms with E-state index in [0.717, 1.165) is 0 Å². The van der Waals surface area contributed by atoms with Crippen LogP contribution in [0.4, 0.5) is 4.39 Å². The molecule has 0 saturated carbocycles. The Morgan fingerprint density at radius 1 is 1.50 bits per heavy atom. The summed E-state index contributed by atoms with van der Waals surface area (Å²) in [5, 5.41) is 0. The highest BCUT2D eigenvalue weighted by atomic mass is 79.9. The summed E-state index contributed by atoms with van der Waals surface area (Å²) in [6.45, 7) is 6.46. The minimum Gasteiger partial charge on any atom is -0.326 e. The molecule has 0 aromatic heterocycles. The van der Waals surface area contributed by atoms with E-state index in [1.54, 1.807) is 24.1 Å². The van der Waals surface area contributed by atoms with Crippen molar-refractivity contribution >= 4 is 27.6 Å². The Labute approximate surface area is 114 Å². The molecule has 0 spiro atoms. The van der Waals surface area contributed by atoms with E-state index >= 15 is 0 Å². The molecular formula is C13H13BrFN3.